The van der Waals surface area contributed by atoms with Gasteiger partial charge in [-0.3, -0.25) is 20.0 Å². The van der Waals surface area contributed by atoms with E-state index in [0.717, 1.165) is 11.1 Å². The Bertz CT molecular complexity index is 1610. The average Bonchev–Trinajstić information content (AvgIpc) is 3.46. The Morgan fingerprint density at radius 3 is 2.50 bits per heavy atom. The Morgan fingerprint density at radius 2 is 1.79 bits per heavy atom. The minimum absolute atomic E-state index is 0.189. The van der Waals surface area contributed by atoms with Crippen LogP contribution in [-0.2, 0) is 4.79 Å². The van der Waals surface area contributed by atoms with E-state index in [1.807, 2.05) is 24.3 Å². The molecule has 1 aromatic carbocycles. The van der Waals surface area contributed by atoms with Gasteiger partial charge in [0.1, 0.15) is 11.7 Å². The van der Waals surface area contributed by atoms with Gasteiger partial charge < -0.3 is 10.0 Å². The maximum absolute atomic E-state index is 12.7. The van der Waals surface area contributed by atoms with E-state index in [1.54, 1.807) is 36.7 Å². The van der Waals surface area contributed by atoms with Gasteiger partial charge in [0.2, 0.25) is 0 Å². The lowest BCUT2D eigenvalue weighted by atomic mass is 10.0. The van der Waals surface area contributed by atoms with Crippen LogP contribution in [0.2, 0.25) is 0 Å². The van der Waals surface area contributed by atoms with Crippen molar-refractivity contribution in [2.24, 2.45) is 5.84 Å². The molecular formula is C28H22N6O4. The molecular weight excluding hydrogens is 484 g/mol. The monoisotopic (exact) mass is 506 g/mol. The third-order valence-electron chi connectivity index (χ3n) is 6.30. The van der Waals surface area contributed by atoms with Crippen molar-refractivity contribution in [1.29, 1.82) is 0 Å². The number of nitrogens with one attached hydrogen (secondary N) is 1. The number of carboxylic acid groups (broad SMARTS) is 1. The smallest absolute Gasteiger partial charge is 0.326 e. The number of likely N-dealkylation sites (tertiary alicyclic amines) is 1. The molecule has 0 bridgehead atoms. The summed E-state index contributed by atoms with van der Waals surface area (Å²) in [4.78, 5) is 50.6. The molecule has 4 heterocycles. The van der Waals surface area contributed by atoms with Crippen LogP contribution in [-0.4, -0.2) is 55.3 Å². The summed E-state index contributed by atoms with van der Waals surface area (Å²) in [5.41, 5.74) is 6.12. The predicted molar refractivity (Wildman–Crippen MR) is 139 cm³/mol. The predicted octanol–water partition coefficient (Wildman–Crippen LogP) is 2.38. The number of carbonyl (C=O) groups is 3. The number of carbonyl (C=O) groups excluding carboxylic acids is 2. The van der Waals surface area contributed by atoms with Crippen molar-refractivity contribution in [3.8, 4) is 23.1 Å². The average molecular weight is 507 g/mol. The molecule has 0 spiro atoms. The molecule has 0 aliphatic carbocycles. The van der Waals surface area contributed by atoms with E-state index in [4.69, 9.17) is 5.84 Å². The lowest BCUT2D eigenvalue weighted by Crippen LogP contribution is -2.40. The SMILES string of the molecule is NNC(=O)c1cc(-c2ccc(C#Cc3ccc(C(=O)N4CCC[C@@H]4C(=O)O)nc3)cc2)nc2ccncc12. The van der Waals surface area contributed by atoms with E-state index < -0.39 is 23.8 Å². The number of carboxylic acids is 1. The highest BCUT2D eigenvalue weighted by atomic mass is 16.4. The van der Waals surface area contributed by atoms with E-state index >= 15 is 0 Å². The van der Waals surface area contributed by atoms with Crippen LogP contribution in [0.3, 0.4) is 0 Å². The molecule has 2 amide bonds. The molecule has 5 rings (SSSR count). The topological polar surface area (TPSA) is 151 Å². The molecule has 1 aliphatic rings. The second-order valence-corrected chi connectivity index (χ2v) is 8.68. The number of hydrogen-bond donors (Lipinski definition) is 3. The normalized spacial score (nSPS) is 14.6. The number of aliphatic carboxylic acids is 1. The van der Waals surface area contributed by atoms with E-state index in [1.165, 1.54) is 11.1 Å². The molecule has 0 saturated carbocycles. The Morgan fingerprint density at radius 1 is 1.03 bits per heavy atom. The Balaban J connectivity index is 1.33. The van der Waals surface area contributed by atoms with E-state index in [-0.39, 0.29) is 5.69 Å². The van der Waals surface area contributed by atoms with Gasteiger partial charge in [-0.25, -0.2) is 20.6 Å². The second-order valence-electron chi connectivity index (χ2n) is 8.68. The van der Waals surface area contributed by atoms with Crippen LogP contribution in [0, 0.1) is 11.8 Å². The van der Waals surface area contributed by atoms with Gasteiger partial charge in [0.25, 0.3) is 11.8 Å². The zero-order valence-corrected chi connectivity index (χ0v) is 20.1. The molecule has 38 heavy (non-hydrogen) atoms. The van der Waals surface area contributed by atoms with E-state index in [2.05, 4.69) is 32.2 Å². The van der Waals surface area contributed by atoms with Gasteiger partial charge in [-0.15, -0.1) is 0 Å². The summed E-state index contributed by atoms with van der Waals surface area (Å²) in [5.74, 6) is 9.61. The molecule has 0 unspecified atom stereocenters. The van der Waals surface area contributed by atoms with Gasteiger partial charge in [0.05, 0.1) is 16.8 Å². The number of benzene rings is 1. The number of fused-ring (bicyclic) bond motifs is 1. The van der Waals surface area contributed by atoms with Crippen LogP contribution >= 0.6 is 0 Å². The van der Waals surface area contributed by atoms with Crippen molar-refractivity contribution in [2.45, 2.75) is 18.9 Å². The van der Waals surface area contributed by atoms with Gasteiger partial charge in [0, 0.05) is 47.2 Å². The summed E-state index contributed by atoms with van der Waals surface area (Å²) in [6.07, 6.45) is 5.79. The Labute approximate surface area is 217 Å². The number of hydrogen-bond acceptors (Lipinski definition) is 7. The highest BCUT2D eigenvalue weighted by Crippen LogP contribution is 2.25. The lowest BCUT2D eigenvalue weighted by molar-refractivity contribution is -0.141. The molecule has 1 aliphatic heterocycles. The van der Waals surface area contributed by atoms with Gasteiger partial charge in [-0.05, 0) is 49.2 Å². The second kappa shape index (κ2) is 10.5. The first-order chi connectivity index (χ1) is 18.4. The molecule has 1 saturated heterocycles. The number of nitrogens with zero attached hydrogens (tertiary/aromatic N) is 4. The number of amides is 2. The molecule has 10 heteroatoms. The largest absolute Gasteiger partial charge is 0.480 e. The highest BCUT2D eigenvalue weighted by molar-refractivity contribution is 6.06. The molecule has 188 valence electrons. The van der Waals surface area contributed by atoms with Gasteiger partial charge in [0.15, 0.2) is 0 Å². The Hall–Kier alpha value is -5.14. The lowest BCUT2D eigenvalue weighted by Gasteiger charge is -2.20. The van der Waals surface area contributed by atoms with E-state index in [9.17, 15) is 19.5 Å². The van der Waals surface area contributed by atoms with E-state index in [0.29, 0.717) is 47.1 Å². The number of hydrazine groups is 1. The third-order valence-corrected chi connectivity index (χ3v) is 6.30. The quantitative estimate of drug-likeness (QED) is 0.165. The van der Waals surface area contributed by atoms with Crippen LogP contribution in [0.15, 0.2) is 67.1 Å². The summed E-state index contributed by atoms with van der Waals surface area (Å²) in [7, 11) is 0. The molecule has 1 fully saturated rings. The number of aromatic nitrogens is 3. The summed E-state index contributed by atoms with van der Waals surface area (Å²) in [6.45, 7) is 0.405. The van der Waals surface area contributed by atoms with Crippen LogP contribution in [0.4, 0.5) is 0 Å². The molecule has 10 nitrogen and oxygen atoms in total. The van der Waals surface area contributed by atoms with Gasteiger partial charge in [-0.1, -0.05) is 24.0 Å². The summed E-state index contributed by atoms with van der Waals surface area (Å²) >= 11 is 0. The number of pyridine rings is 3. The van der Waals surface area contributed by atoms with Crippen molar-refractivity contribution < 1.29 is 19.5 Å². The number of nitrogen functional groups attached to an aromatic ring is 1. The summed E-state index contributed by atoms with van der Waals surface area (Å²) in [5, 5.41) is 9.91. The minimum Gasteiger partial charge on any atom is -0.480 e. The van der Waals surface area contributed by atoms with Crippen LogP contribution in [0.5, 0.6) is 0 Å². The number of rotatable bonds is 4. The van der Waals surface area contributed by atoms with Crippen molar-refractivity contribution in [3.05, 3.63) is 89.5 Å². The summed E-state index contributed by atoms with van der Waals surface area (Å²) in [6, 6.07) is 13.2. The van der Waals surface area contributed by atoms with Gasteiger partial charge in [-0.2, -0.15) is 0 Å². The van der Waals surface area contributed by atoms with Crippen LogP contribution in [0.1, 0.15) is 44.8 Å². The summed E-state index contributed by atoms with van der Waals surface area (Å²) < 4.78 is 0. The fourth-order valence-electron chi connectivity index (χ4n) is 4.36. The van der Waals surface area contributed by atoms with Crippen molar-refractivity contribution in [3.63, 3.8) is 0 Å². The maximum atomic E-state index is 12.7. The zero-order chi connectivity index (χ0) is 26.6. The Kier molecular flexibility index (Phi) is 6.76. The van der Waals surface area contributed by atoms with Crippen LogP contribution < -0.4 is 11.3 Å². The fourth-order valence-corrected chi connectivity index (χ4v) is 4.36. The molecule has 0 radical (unpaired) electrons. The zero-order valence-electron chi connectivity index (χ0n) is 20.1. The molecule has 3 aromatic heterocycles. The highest BCUT2D eigenvalue weighted by Gasteiger charge is 2.34. The fraction of sp³-hybridized carbons (Fsp3) is 0.143. The molecule has 4 N–H and O–H groups in total. The van der Waals surface area contributed by atoms with Gasteiger partial charge >= 0.3 is 5.97 Å². The van der Waals surface area contributed by atoms with Crippen molar-refractivity contribution in [1.82, 2.24) is 25.3 Å². The first kappa shape index (κ1) is 24.5. The van der Waals surface area contributed by atoms with Crippen molar-refractivity contribution >= 4 is 28.7 Å². The maximum Gasteiger partial charge on any atom is 0.326 e. The molecule has 1 atom stereocenters. The number of nitrogens with two attached hydrogens (primary N) is 1. The first-order valence-electron chi connectivity index (χ1n) is 11.8. The molecule has 4 aromatic rings. The minimum atomic E-state index is -1.00. The standard InChI is InChI=1S/C28H22N6O4/c29-33-26(35)20-14-24(32-22-11-12-30-16-21(20)22)19-8-5-17(6-9-19)3-4-18-7-10-23(31-15-18)27(36)34-13-1-2-25(34)28(37)38/h5-12,14-16,25H,1-2,13,29H2,(H,33,35)(H,37,38)/t25-/m1/s1. The van der Waals surface area contributed by atoms with Crippen LogP contribution in [0.25, 0.3) is 22.2 Å². The third kappa shape index (κ3) is 4.91. The van der Waals surface area contributed by atoms with Crippen molar-refractivity contribution in [2.75, 3.05) is 6.54 Å². The first-order valence-corrected chi connectivity index (χ1v) is 11.8.